The summed E-state index contributed by atoms with van der Waals surface area (Å²) in [4.78, 5) is 16.1. The molecule has 9 heteroatoms. The Balaban J connectivity index is 2.30. The lowest BCUT2D eigenvalue weighted by Crippen LogP contribution is -2.03. The van der Waals surface area contributed by atoms with Crippen LogP contribution in [0.2, 0.25) is 0 Å². The van der Waals surface area contributed by atoms with Gasteiger partial charge < -0.3 is 21.9 Å². The SMILES string of the molecule is CCOc1ncnc(Sc2nc(N)cc(N)n2)c1N. The van der Waals surface area contributed by atoms with Gasteiger partial charge in [-0.1, -0.05) is 0 Å². The van der Waals surface area contributed by atoms with Crippen molar-refractivity contribution in [3.05, 3.63) is 12.4 Å². The summed E-state index contributed by atoms with van der Waals surface area (Å²) in [5, 5.41) is 0.855. The van der Waals surface area contributed by atoms with Crippen molar-refractivity contribution in [3.63, 3.8) is 0 Å². The Kier molecular flexibility index (Phi) is 3.85. The molecule has 0 unspecified atom stereocenters. The van der Waals surface area contributed by atoms with Crippen molar-refractivity contribution in [1.29, 1.82) is 0 Å². The van der Waals surface area contributed by atoms with E-state index in [0.717, 1.165) is 11.8 Å². The molecule has 2 aromatic rings. The molecule has 0 saturated carbocycles. The molecule has 0 aliphatic heterocycles. The Hall–Kier alpha value is -2.29. The first-order chi connectivity index (χ1) is 9.10. The molecule has 100 valence electrons. The van der Waals surface area contributed by atoms with Crippen LogP contribution >= 0.6 is 11.8 Å². The van der Waals surface area contributed by atoms with Gasteiger partial charge in [-0.15, -0.1) is 0 Å². The van der Waals surface area contributed by atoms with Crippen LogP contribution in [0.5, 0.6) is 5.88 Å². The topological polar surface area (TPSA) is 139 Å². The molecule has 2 aromatic heterocycles. The molecule has 2 heterocycles. The number of nitrogens with zero attached hydrogens (tertiary/aromatic N) is 4. The van der Waals surface area contributed by atoms with Crippen molar-refractivity contribution in [1.82, 2.24) is 19.9 Å². The minimum absolute atomic E-state index is 0.285. The fraction of sp³-hybridized carbons (Fsp3) is 0.200. The molecule has 0 bridgehead atoms. The van der Waals surface area contributed by atoms with Crippen molar-refractivity contribution in [3.8, 4) is 5.88 Å². The Morgan fingerprint density at radius 2 is 1.84 bits per heavy atom. The normalized spacial score (nSPS) is 10.4. The highest BCUT2D eigenvalue weighted by Gasteiger charge is 2.12. The molecule has 0 radical (unpaired) electrons. The zero-order valence-electron chi connectivity index (χ0n) is 10.2. The minimum atomic E-state index is 0.285. The molecule has 0 saturated heterocycles. The summed E-state index contributed by atoms with van der Waals surface area (Å²) in [6, 6.07) is 1.47. The second-order valence-electron chi connectivity index (χ2n) is 3.43. The van der Waals surface area contributed by atoms with Gasteiger partial charge in [0, 0.05) is 6.07 Å². The fourth-order valence-electron chi connectivity index (χ4n) is 1.29. The standard InChI is InChI=1S/C10H13N7OS/c1-2-18-8-7(13)9(15-4-14-8)19-10-16-5(11)3-6(12)17-10/h3-4H,2,13H2,1H3,(H4,11,12,16,17). The van der Waals surface area contributed by atoms with Crippen LogP contribution in [0.1, 0.15) is 6.92 Å². The molecule has 8 nitrogen and oxygen atoms in total. The van der Waals surface area contributed by atoms with E-state index in [4.69, 9.17) is 21.9 Å². The average molecular weight is 279 g/mol. The van der Waals surface area contributed by atoms with Crippen LogP contribution in [0.25, 0.3) is 0 Å². The van der Waals surface area contributed by atoms with E-state index < -0.39 is 0 Å². The van der Waals surface area contributed by atoms with Gasteiger partial charge in [0.25, 0.3) is 0 Å². The van der Waals surface area contributed by atoms with Gasteiger partial charge in [-0.25, -0.2) is 15.0 Å². The number of nitrogens with two attached hydrogens (primary N) is 3. The Labute approximate surface area is 113 Å². The van der Waals surface area contributed by atoms with Crippen molar-refractivity contribution in [2.45, 2.75) is 17.1 Å². The smallest absolute Gasteiger partial charge is 0.241 e. The summed E-state index contributed by atoms with van der Waals surface area (Å²) >= 11 is 1.14. The first-order valence-electron chi connectivity index (χ1n) is 5.41. The number of hydrogen-bond acceptors (Lipinski definition) is 9. The van der Waals surface area contributed by atoms with Crippen LogP contribution in [-0.2, 0) is 0 Å². The summed E-state index contributed by atoms with van der Waals surface area (Å²) in [5.74, 6) is 0.900. The monoisotopic (exact) mass is 279 g/mol. The number of anilines is 3. The number of ether oxygens (including phenoxy) is 1. The number of rotatable bonds is 4. The molecule has 0 fully saturated rings. The van der Waals surface area contributed by atoms with Crippen molar-refractivity contribution in [2.75, 3.05) is 23.8 Å². The van der Waals surface area contributed by atoms with Crippen LogP contribution in [0, 0.1) is 0 Å². The van der Waals surface area contributed by atoms with Crippen LogP contribution in [0.15, 0.2) is 22.6 Å². The van der Waals surface area contributed by atoms with E-state index in [1.54, 1.807) is 0 Å². The molecule has 0 spiro atoms. The lowest BCUT2D eigenvalue weighted by Gasteiger charge is -2.08. The Morgan fingerprint density at radius 1 is 1.16 bits per heavy atom. The van der Waals surface area contributed by atoms with E-state index >= 15 is 0 Å². The molecule has 0 aliphatic rings. The van der Waals surface area contributed by atoms with E-state index in [2.05, 4.69) is 19.9 Å². The van der Waals surface area contributed by atoms with Crippen molar-refractivity contribution < 1.29 is 4.74 Å². The van der Waals surface area contributed by atoms with Gasteiger partial charge in [-0.3, -0.25) is 0 Å². The van der Waals surface area contributed by atoms with Crippen molar-refractivity contribution >= 4 is 29.1 Å². The van der Waals surface area contributed by atoms with Crippen LogP contribution in [-0.4, -0.2) is 26.5 Å². The lowest BCUT2D eigenvalue weighted by molar-refractivity contribution is 0.327. The Morgan fingerprint density at radius 3 is 2.47 bits per heavy atom. The Bertz CT molecular complexity index is 572. The molecule has 0 aromatic carbocycles. The maximum Gasteiger partial charge on any atom is 0.241 e. The summed E-state index contributed by atoms with van der Waals surface area (Å²) in [7, 11) is 0. The largest absolute Gasteiger partial charge is 0.476 e. The molecular weight excluding hydrogens is 266 g/mol. The zero-order valence-corrected chi connectivity index (χ0v) is 11.0. The van der Waals surface area contributed by atoms with E-state index in [-0.39, 0.29) is 11.6 Å². The number of aromatic nitrogens is 4. The maximum absolute atomic E-state index is 5.90. The van der Waals surface area contributed by atoms with E-state index in [1.807, 2.05) is 6.92 Å². The highest BCUT2D eigenvalue weighted by molar-refractivity contribution is 7.99. The highest BCUT2D eigenvalue weighted by Crippen LogP contribution is 2.32. The van der Waals surface area contributed by atoms with Gasteiger partial charge >= 0.3 is 0 Å². The molecule has 0 aliphatic carbocycles. The highest BCUT2D eigenvalue weighted by atomic mass is 32.2. The fourth-order valence-corrected chi connectivity index (χ4v) is 2.06. The van der Waals surface area contributed by atoms with Crippen LogP contribution in [0.3, 0.4) is 0 Å². The molecule has 6 N–H and O–H groups in total. The van der Waals surface area contributed by atoms with E-state index in [1.165, 1.54) is 12.4 Å². The summed E-state index contributed by atoms with van der Waals surface area (Å²) < 4.78 is 5.28. The summed E-state index contributed by atoms with van der Waals surface area (Å²) in [6.07, 6.45) is 1.36. The van der Waals surface area contributed by atoms with Gasteiger partial charge in [-0.05, 0) is 18.7 Å². The second-order valence-corrected chi connectivity index (χ2v) is 4.39. The van der Waals surface area contributed by atoms with Gasteiger partial charge in [0.15, 0.2) is 5.16 Å². The van der Waals surface area contributed by atoms with E-state index in [0.29, 0.717) is 28.4 Å². The van der Waals surface area contributed by atoms with Crippen molar-refractivity contribution in [2.24, 2.45) is 0 Å². The van der Waals surface area contributed by atoms with E-state index in [9.17, 15) is 0 Å². The molecule has 0 atom stereocenters. The third-order valence-corrected chi connectivity index (χ3v) is 2.91. The first-order valence-corrected chi connectivity index (χ1v) is 6.23. The molecular formula is C10H13N7OS. The van der Waals surface area contributed by atoms with Gasteiger partial charge in [0.1, 0.15) is 28.7 Å². The lowest BCUT2D eigenvalue weighted by atomic mass is 10.5. The number of hydrogen-bond donors (Lipinski definition) is 3. The predicted octanol–water partition coefficient (Wildman–Crippen LogP) is 0.563. The average Bonchev–Trinajstić information content (AvgIpc) is 2.33. The molecule has 19 heavy (non-hydrogen) atoms. The van der Waals surface area contributed by atoms with Crippen LogP contribution in [0.4, 0.5) is 17.3 Å². The maximum atomic E-state index is 5.90. The second kappa shape index (κ2) is 5.57. The van der Waals surface area contributed by atoms with Crippen LogP contribution < -0.4 is 21.9 Å². The summed E-state index contributed by atoms with van der Waals surface area (Å²) in [5.41, 5.74) is 17.4. The first kappa shape index (κ1) is 13.1. The molecule has 2 rings (SSSR count). The quantitative estimate of drug-likeness (QED) is 0.541. The van der Waals surface area contributed by atoms with Gasteiger partial charge in [-0.2, -0.15) is 4.98 Å². The third kappa shape index (κ3) is 3.13. The zero-order chi connectivity index (χ0) is 13.8. The third-order valence-electron chi connectivity index (χ3n) is 2.03. The molecule has 0 amide bonds. The summed E-state index contributed by atoms with van der Waals surface area (Å²) in [6.45, 7) is 2.31. The van der Waals surface area contributed by atoms with Gasteiger partial charge in [0.2, 0.25) is 5.88 Å². The van der Waals surface area contributed by atoms with Gasteiger partial charge in [0.05, 0.1) is 6.61 Å². The number of nitrogen functional groups attached to an aromatic ring is 3. The minimum Gasteiger partial charge on any atom is -0.476 e. The predicted molar refractivity (Wildman–Crippen MR) is 72.6 cm³/mol.